The van der Waals surface area contributed by atoms with E-state index in [0.717, 1.165) is 103 Å². The molecule has 4 heteroatoms. The minimum absolute atomic E-state index is 0.0888. The van der Waals surface area contributed by atoms with Crippen molar-refractivity contribution in [2.24, 2.45) is 0 Å². The molecule has 0 rings (SSSR count). The summed E-state index contributed by atoms with van der Waals surface area (Å²) < 4.78 is 0. The van der Waals surface area contributed by atoms with Gasteiger partial charge in [0.25, 0.3) is 0 Å². The van der Waals surface area contributed by atoms with Crippen LogP contribution in [0.2, 0.25) is 0 Å². The Morgan fingerprint density at radius 3 is 1.08 bits per heavy atom. The summed E-state index contributed by atoms with van der Waals surface area (Å²) in [5.74, 6) is -0.0888. The van der Waals surface area contributed by atoms with Crippen LogP contribution in [0.25, 0.3) is 0 Å². The van der Waals surface area contributed by atoms with Gasteiger partial charge in [0.05, 0.1) is 18.8 Å². The predicted molar refractivity (Wildman–Crippen MR) is 289 cm³/mol. The number of aliphatic hydroxyl groups excluding tert-OH is 2. The van der Waals surface area contributed by atoms with Crippen LogP contribution >= 0.6 is 0 Å². The van der Waals surface area contributed by atoms with E-state index in [1.807, 2.05) is 6.08 Å². The van der Waals surface area contributed by atoms with Crippen molar-refractivity contribution in [2.45, 2.75) is 225 Å². The predicted octanol–water partition coefficient (Wildman–Crippen LogP) is 17.6. The van der Waals surface area contributed by atoms with Gasteiger partial charge in [0, 0.05) is 6.42 Å². The van der Waals surface area contributed by atoms with Crippen LogP contribution in [-0.4, -0.2) is 34.9 Å². The standard InChI is InChI=1S/C61H99NO3/c1-3-5-7-9-11-13-15-17-19-20-21-22-23-24-25-26-27-28-29-30-31-32-33-34-35-36-37-38-39-40-41-42-43-45-47-49-51-53-55-57-61(65)62-59(58-63)60(64)56-54-52-50-48-46-44-18-16-14-12-10-8-6-4-2/h5,7,11,13-14,16-17,19,21-22,24-25,27-28,30-31,33-34,36-37,46,48,54,56,59-60,63-64H,3-4,6,8-10,12,15,18,20,23,26,29,32,35,38-45,47,49-53,55,57-58H2,1-2H3,(H,62,65)/b7-5-,13-11-,16-14+,19-17-,22-21-,25-24-,28-27-,31-30-,34-33-,37-36-,48-46+,56-54+. The molecule has 4 nitrogen and oxygen atoms in total. The maximum atomic E-state index is 12.4. The highest BCUT2D eigenvalue weighted by molar-refractivity contribution is 5.76. The first-order valence-electron chi connectivity index (χ1n) is 26.5. The second-order valence-electron chi connectivity index (χ2n) is 17.2. The van der Waals surface area contributed by atoms with Crippen molar-refractivity contribution in [3.8, 4) is 0 Å². The second-order valence-corrected chi connectivity index (χ2v) is 17.2. The number of hydrogen-bond donors (Lipinski definition) is 3. The first-order chi connectivity index (χ1) is 32.2. The lowest BCUT2D eigenvalue weighted by Gasteiger charge is -2.19. The van der Waals surface area contributed by atoms with E-state index in [9.17, 15) is 15.0 Å². The SMILES string of the molecule is CC/C=C\C/C=C\C/C=C\C/C=C\C/C=C\C/C=C\C/C=C\C/C=C\C/C=C\CCCCCCCCCCCCCC(=O)NC(CO)C(O)/C=C/CC/C=C/CC/C=C/CCCCCC. The normalized spacial score (nSPS) is 14.1. The van der Waals surface area contributed by atoms with E-state index in [1.165, 1.54) is 89.9 Å². The van der Waals surface area contributed by atoms with Crippen LogP contribution in [0, 0.1) is 0 Å². The molecule has 1 amide bonds. The van der Waals surface area contributed by atoms with Crippen LogP contribution in [0.1, 0.15) is 213 Å². The Hall–Kier alpha value is -3.73. The van der Waals surface area contributed by atoms with Crippen molar-refractivity contribution in [3.63, 3.8) is 0 Å². The summed E-state index contributed by atoms with van der Waals surface area (Å²) in [6.07, 6.45) is 87.0. The van der Waals surface area contributed by atoms with Crippen molar-refractivity contribution in [3.05, 3.63) is 146 Å². The summed E-state index contributed by atoms with van der Waals surface area (Å²) in [4.78, 5) is 12.4. The van der Waals surface area contributed by atoms with Gasteiger partial charge in [-0.05, 0) is 116 Å². The van der Waals surface area contributed by atoms with Gasteiger partial charge < -0.3 is 15.5 Å². The Kier molecular flexibility index (Phi) is 51.5. The van der Waals surface area contributed by atoms with Gasteiger partial charge in [-0.15, -0.1) is 0 Å². The summed E-state index contributed by atoms with van der Waals surface area (Å²) in [5, 5.41) is 23.0. The monoisotopic (exact) mass is 894 g/mol. The molecule has 0 aliphatic heterocycles. The van der Waals surface area contributed by atoms with Crippen LogP contribution in [0.15, 0.2) is 146 Å². The average Bonchev–Trinajstić information content (AvgIpc) is 3.31. The van der Waals surface area contributed by atoms with E-state index in [2.05, 4.69) is 153 Å². The quantitative estimate of drug-likeness (QED) is 0.0421. The fourth-order valence-corrected chi connectivity index (χ4v) is 7.02. The largest absolute Gasteiger partial charge is 0.394 e. The third-order valence-corrected chi connectivity index (χ3v) is 11.0. The number of hydrogen-bond acceptors (Lipinski definition) is 3. The van der Waals surface area contributed by atoms with Crippen molar-refractivity contribution in [2.75, 3.05) is 6.61 Å². The van der Waals surface area contributed by atoms with Gasteiger partial charge in [0.1, 0.15) is 0 Å². The van der Waals surface area contributed by atoms with Gasteiger partial charge in [-0.3, -0.25) is 4.79 Å². The molecule has 2 atom stereocenters. The van der Waals surface area contributed by atoms with E-state index in [1.54, 1.807) is 6.08 Å². The number of rotatable bonds is 46. The molecule has 3 N–H and O–H groups in total. The molecule has 65 heavy (non-hydrogen) atoms. The molecule has 0 saturated carbocycles. The first-order valence-corrected chi connectivity index (χ1v) is 26.5. The van der Waals surface area contributed by atoms with Gasteiger partial charge in [-0.1, -0.05) is 237 Å². The van der Waals surface area contributed by atoms with Crippen LogP contribution < -0.4 is 5.32 Å². The lowest BCUT2D eigenvalue weighted by atomic mass is 10.0. The molecule has 0 radical (unpaired) electrons. The van der Waals surface area contributed by atoms with Crippen molar-refractivity contribution in [1.29, 1.82) is 0 Å². The first kappa shape index (κ1) is 61.3. The number of nitrogens with one attached hydrogen (secondary N) is 1. The molecule has 366 valence electrons. The smallest absolute Gasteiger partial charge is 0.220 e. The zero-order valence-electron chi connectivity index (χ0n) is 41.9. The topological polar surface area (TPSA) is 69.6 Å². The van der Waals surface area contributed by atoms with Crippen molar-refractivity contribution in [1.82, 2.24) is 5.32 Å². The van der Waals surface area contributed by atoms with Gasteiger partial charge in [-0.2, -0.15) is 0 Å². The second kappa shape index (κ2) is 54.6. The van der Waals surface area contributed by atoms with Gasteiger partial charge in [0.15, 0.2) is 0 Å². The van der Waals surface area contributed by atoms with Crippen LogP contribution in [0.5, 0.6) is 0 Å². The third-order valence-electron chi connectivity index (χ3n) is 11.0. The van der Waals surface area contributed by atoms with E-state index in [4.69, 9.17) is 0 Å². The van der Waals surface area contributed by atoms with Gasteiger partial charge in [-0.25, -0.2) is 0 Å². The third kappa shape index (κ3) is 51.1. The fraction of sp³-hybridized carbons (Fsp3) is 0.590. The molecule has 0 saturated heterocycles. The highest BCUT2D eigenvalue weighted by Gasteiger charge is 2.17. The lowest BCUT2D eigenvalue weighted by molar-refractivity contribution is -0.123. The van der Waals surface area contributed by atoms with E-state index >= 15 is 0 Å². The van der Waals surface area contributed by atoms with Crippen LogP contribution in [0.3, 0.4) is 0 Å². The van der Waals surface area contributed by atoms with Gasteiger partial charge >= 0.3 is 0 Å². The van der Waals surface area contributed by atoms with Gasteiger partial charge in [0.2, 0.25) is 5.91 Å². The molecule has 0 aromatic carbocycles. The highest BCUT2D eigenvalue weighted by Crippen LogP contribution is 2.13. The maximum Gasteiger partial charge on any atom is 0.220 e. The molecule has 0 bridgehead atoms. The Bertz CT molecular complexity index is 1380. The minimum Gasteiger partial charge on any atom is -0.394 e. The molecule has 0 spiro atoms. The number of carbonyl (C=O) groups is 1. The Morgan fingerprint density at radius 2 is 0.692 bits per heavy atom. The fourth-order valence-electron chi connectivity index (χ4n) is 7.02. The number of allylic oxidation sites excluding steroid dienone is 23. The number of carbonyl (C=O) groups excluding carboxylic acids is 1. The summed E-state index contributed by atoms with van der Waals surface area (Å²) in [6, 6.07) is -0.656. The molecule has 0 aliphatic rings. The molecule has 0 fully saturated rings. The zero-order valence-corrected chi connectivity index (χ0v) is 41.9. The summed E-state index contributed by atoms with van der Waals surface area (Å²) in [6.45, 7) is 4.14. The summed E-state index contributed by atoms with van der Waals surface area (Å²) >= 11 is 0. The Labute approximate surface area is 402 Å². The molecule has 2 unspecified atom stereocenters. The van der Waals surface area contributed by atoms with Crippen molar-refractivity contribution < 1.29 is 15.0 Å². The average molecular weight is 894 g/mol. The maximum absolute atomic E-state index is 12.4. The zero-order chi connectivity index (χ0) is 47.0. The molecule has 0 heterocycles. The summed E-state index contributed by atoms with van der Waals surface area (Å²) in [7, 11) is 0. The van der Waals surface area contributed by atoms with Crippen molar-refractivity contribution >= 4 is 5.91 Å². The van der Waals surface area contributed by atoms with Crippen LogP contribution in [0.4, 0.5) is 0 Å². The highest BCUT2D eigenvalue weighted by atomic mass is 16.3. The molecular weight excluding hydrogens is 795 g/mol. The molecule has 0 aromatic rings. The van der Waals surface area contributed by atoms with E-state index < -0.39 is 12.1 Å². The molecule has 0 aliphatic carbocycles. The molecular formula is C61H99NO3. The van der Waals surface area contributed by atoms with Crippen LogP contribution in [-0.2, 0) is 4.79 Å². The number of aliphatic hydroxyl groups is 2. The minimum atomic E-state index is -0.880. The summed E-state index contributed by atoms with van der Waals surface area (Å²) in [5.41, 5.74) is 0. The van der Waals surface area contributed by atoms with E-state index in [0.29, 0.717) is 6.42 Å². The Morgan fingerprint density at radius 1 is 0.385 bits per heavy atom. The van der Waals surface area contributed by atoms with E-state index in [-0.39, 0.29) is 12.5 Å². The molecule has 0 aromatic heterocycles. The number of unbranched alkanes of at least 4 members (excludes halogenated alkanes) is 17. The number of amides is 1. The Balaban J connectivity index is 3.63. The lowest BCUT2D eigenvalue weighted by Crippen LogP contribution is -2.45.